The fourth-order valence-electron chi connectivity index (χ4n) is 2.59. The number of hydrogen-bond acceptors (Lipinski definition) is 2. The zero-order valence-electron chi connectivity index (χ0n) is 11.8. The number of benzene rings is 1. The average Bonchev–Trinajstić information content (AvgIpc) is 2.79. The summed E-state index contributed by atoms with van der Waals surface area (Å²) in [5.41, 5.74) is 2.51. The van der Waals surface area contributed by atoms with Gasteiger partial charge in [-0.15, -0.1) is 0 Å². The van der Waals surface area contributed by atoms with Crippen LogP contribution < -0.4 is 10.1 Å². The van der Waals surface area contributed by atoms with Gasteiger partial charge in [-0.2, -0.15) is 0 Å². The van der Waals surface area contributed by atoms with Crippen molar-refractivity contribution in [1.29, 1.82) is 0 Å². The highest BCUT2D eigenvalue weighted by Crippen LogP contribution is 2.27. The molecule has 2 heteroatoms. The van der Waals surface area contributed by atoms with E-state index in [0.29, 0.717) is 12.1 Å². The van der Waals surface area contributed by atoms with Crippen molar-refractivity contribution in [2.24, 2.45) is 0 Å². The fraction of sp³-hybridized carbons (Fsp3) is 0.625. The number of hydrogen-bond donors (Lipinski definition) is 1. The second kappa shape index (κ2) is 6.24. The summed E-state index contributed by atoms with van der Waals surface area (Å²) in [5, 5.41) is 3.59. The van der Waals surface area contributed by atoms with Gasteiger partial charge in [-0.05, 0) is 63.3 Å². The van der Waals surface area contributed by atoms with Crippen LogP contribution in [0.15, 0.2) is 18.2 Å². The van der Waals surface area contributed by atoms with E-state index in [4.69, 9.17) is 4.74 Å². The molecule has 1 saturated carbocycles. The van der Waals surface area contributed by atoms with E-state index in [1.165, 1.54) is 30.4 Å². The van der Waals surface area contributed by atoms with Crippen LogP contribution in [0.5, 0.6) is 5.75 Å². The second-order valence-corrected chi connectivity index (χ2v) is 5.47. The first-order valence-corrected chi connectivity index (χ1v) is 7.16. The summed E-state index contributed by atoms with van der Waals surface area (Å²) in [6, 6.07) is 7.09. The van der Waals surface area contributed by atoms with Crippen LogP contribution in [0.3, 0.4) is 0 Å². The van der Waals surface area contributed by atoms with Crippen molar-refractivity contribution in [1.82, 2.24) is 5.32 Å². The van der Waals surface area contributed by atoms with E-state index in [2.05, 4.69) is 44.3 Å². The van der Waals surface area contributed by atoms with E-state index in [0.717, 1.165) is 18.7 Å². The van der Waals surface area contributed by atoms with Crippen molar-refractivity contribution in [2.75, 3.05) is 6.54 Å². The summed E-state index contributed by atoms with van der Waals surface area (Å²) < 4.78 is 6.16. The third kappa shape index (κ3) is 3.49. The Morgan fingerprint density at radius 2 is 2.11 bits per heavy atom. The smallest absolute Gasteiger partial charge is 0.122 e. The van der Waals surface area contributed by atoms with Gasteiger partial charge in [0.05, 0.1) is 0 Å². The maximum absolute atomic E-state index is 6.16. The summed E-state index contributed by atoms with van der Waals surface area (Å²) in [7, 11) is 0. The van der Waals surface area contributed by atoms with Gasteiger partial charge < -0.3 is 10.1 Å². The molecule has 0 aliphatic heterocycles. The molecule has 1 aromatic carbocycles. The van der Waals surface area contributed by atoms with Gasteiger partial charge in [0.2, 0.25) is 0 Å². The lowest BCUT2D eigenvalue weighted by Crippen LogP contribution is -2.28. The third-order valence-corrected chi connectivity index (χ3v) is 3.70. The Morgan fingerprint density at radius 3 is 2.89 bits per heavy atom. The zero-order chi connectivity index (χ0) is 13.0. The van der Waals surface area contributed by atoms with Crippen LogP contribution in [0.1, 0.15) is 43.7 Å². The van der Waals surface area contributed by atoms with Gasteiger partial charge in [0.25, 0.3) is 0 Å². The molecule has 2 atom stereocenters. The van der Waals surface area contributed by atoms with E-state index in [-0.39, 0.29) is 0 Å². The highest BCUT2D eigenvalue weighted by atomic mass is 16.5. The lowest BCUT2D eigenvalue weighted by molar-refractivity contribution is 0.204. The van der Waals surface area contributed by atoms with Crippen molar-refractivity contribution in [3.05, 3.63) is 29.3 Å². The lowest BCUT2D eigenvalue weighted by Gasteiger charge is -2.17. The predicted octanol–water partition coefficient (Wildman–Crippen LogP) is 3.60. The minimum atomic E-state index is 0.389. The van der Waals surface area contributed by atoms with E-state index in [1.54, 1.807) is 0 Å². The number of nitrogens with one attached hydrogen (secondary N) is 1. The monoisotopic (exact) mass is 247 g/mol. The summed E-state index contributed by atoms with van der Waals surface area (Å²) in [6.45, 7) is 7.58. The highest BCUT2D eigenvalue weighted by Gasteiger charge is 2.25. The molecule has 0 spiro atoms. The second-order valence-electron chi connectivity index (χ2n) is 5.47. The third-order valence-electron chi connectivity index (χ3n) is 3.70. The highest BCUT2D eigenvalue weighted by molar-refractivity contribution is 5.36. The first kappa shape index (κ1) is 13.4. The Balaban J connectivity index is 1.89. The molecule has 2 rings (SSSR count). The molecule has 0 bridgehead atoms. The molecule has 0 aromatic heterocycles. The molecule has 2 nitrogen and oxygen atoms in total. The van der Waals surface area contributed by atoms with Gasteiger partial charge in [-0.1, -0.05) is 19.1 Å². The molecule has 100 valence electrons. The van der Waals surface area contributed by atoms with Gasteiger partial charge >= 0.3 is 0 Å². The van der Waals surface area contributed by atoms with Crippen LogP contribution in [0.25, 0.3) is 0 Å². The molecule has 0 radical (unpaired) electrons. The SMILES string of the molecule is CCCNC1CCC(Oc2cc(C)ccc2C)C1. The average molecular weight is 247 g/mol. The van der Waals surface area contributed by atoms with Crippen molar-refractivity contribution < 1.29 is 4.74 Å². The molecule has 1 fully saturated rings. The van der Waals surface area contributed by atoms with Crippen molar-refractivity contribution >= 4 is 0 Å². The Bertz CT molecular complexity index is 389. The molecule has 2 unspecified atom stereocenters. The van der Waals surface area contributed by atoms with Gasteiger partial charge in [-0.3, -0.25) is 0 Å². The van der Waals surface area contributed by atoms with Crippen LogP contribution >= 0.6 is 0 Å². The van der Waals surface area contributed by atoms with Crippen molar-refractivity contribution in [2.45, 2.75) is 58.6 Å². The van der Waals surface area contributed by atoms with Gasteiger partial charge in [0.1, 0.15) is 11.9 Å². The number of aryl methyl sites for hydroxylation is 2. The molecule has 0 amide bonds. The molecule has 0 saturated heterocycles. The first-order chi connectivity index (χ1) is 8.69. The maximum Gasteiger partial charge on any atom is 0.122 e. The molecule has 1 aromatic rings. The molecule has 1 aliphatic carbocycles. The van der Waals surface area contributed by atoms with Gasteiger partial charge in [0, 0.05) is 6.04 Å². The number of rotatable bonds is 5. The standard InChI is InChI=1S/C16H25NO/c1-4-9-17-14-7-8-15(11-14)18-16-10-12(2)5-6-13(16)3/h5-6,10,14-15,17H,4,7-9,11H2,1-3H3. The quantitative estimate of drug-likeness (QED) is 0.858. The molecular weight excluding hydrogens is 222 g/mol. The van der Waals surface area contributed by atoms with Crippen LogP contribution in [0.2, 0.25) is 0 Å². The molecule has 1 aliphatic rings. The van der Waals surface area contributed by atoms with Crippen LogP contribution in [0, 0.1) is 13.8 Å². The Labute approximate surface area is 111 Å². The molecule has 0 heterocycles. The van der Waals surface area contributed by atoms with E-state index >= 15 is 0 Å². The van der Waals surface area contributed by atoms with E-state index < -0.39 is 0 Å². The summed E-state index contributed by atoms with van der Waals surface area (Å²) in [5.74, 6) is 1.07. The Kier molecular flexibility index (Phi) is 4.65. The largest absolute Gasteiger partial charge is 0.490 e. The van der Waals surface area contributed by atoms with Crippen molar-refractivity contribution in [3.63, 3.8) is 0 Å². The normalized spacial score (nSPS) is 23.3. The lowest BCUT2D eigenvalue weighted by atomic mass is 10.1. The van der Waals surface area contributed by atoms with Gasteiger partial charge in [0.15, 0.2) is 0 Å². The summed E-state index contributed by atoms with van der Waals surface area (Å²) in [4.78, 5) is 0. The Hall–Kier alpha value is -1.02. The predicted molar refractivity (Wildman–Crippen MR) is 76.3 cm³/mol. The van der Waals surface area contributed by atoms with Crippen LogP contribution in [0.4, 0.5) is 0 Å². The Morgan fingerprint density at radius 1 is 1.28 bits per heavy atom. The molecular formula is C16H25NO. The van der Waals surface area contributed by atoms with Crippen LogP contribution in [-0.2, 0) is 0 Å². The minimum Gasteiger partial charge on any atom is -0.490 e. The number of ether oxygens (including phenoxy) is 1. The molecule has 1 N–H and O–H groups in total. The molecule has 18 heavy (non-hydrogen) atoms. The van der Waals surface area contributed by atoms with Gasteiger partial charge in [-0.25, -0.2) is 0 Å². The van der Waals surface area contributed by atoms with Crippen molar-refractivity contribution in [3.8, 4) is 5.75 Å². The first-order valence-electron chi connectivity index (χ1n) is 7.16. The summed E-state index contributed by atoms with van der Waals surface area (Å²) in [6.07, 6.45) is 5.16. The van der Waals surface area contributed by atoms with E-state index in [1.807, 2.05) is 0 Å². The van der Waals surface area contributed by atoms with Crippen LogP contribution in [-0.4, -0.2) is 18.7 Å². The van der Waals surface area contributed by atoms with E-state index in [9.17, 15) is 0 Å². The fourth-order valence-corrected chi connectivity index (χ4v) is 2.59. The summed E-state index contributed by atoms with van der Waals surface area (Å²) >= 11 is 0. The topological polar surface area (TPSA) is 21.3 Å². The maximum atomic E-state index is 6.16. The zero-order valence-corrected chi connectivity index (χ0v) is 11.8. The minimum absolute atomic E-state index is 0.389.